The second-order valence-corrected chi connectivity index (χ2v) is 11.5. The van der Waals surface area contributed by atoms with Gasteiger partial charge < -0.3 is 20.8 Å². The van der Waals surface area contributed by atoms with Gasteiger partial charge in [-0.05, 0) is 53.6 Å². The first kappa shape index (κ1) is 32.2. The van der Waals surface area contributed by atoms with Crippen LogP contribution >= 0.6 is 0 Å². The summed E-state index contributed by atoms with van der Waals surface area (Å²) < 4.78 is 5.73. The molecule has 0 aliphatic carbocycles. The van der Waals surface area contributed by atoms with Crippen LogP contribution in [0.5, 0.6) is 5.75 Å². The minimum Gasteiger partial charge on any atom is -0.494 e. The first-order chi connectivity index (χ1) is 19.6. The molecule has 0 aliphatic heterocycles. The monoisotopic (exact) mass is 563 g/mol. The summed E-state index contributed by atoms with van der Waals surface area (Å²) in [6.07, 6.45) is 3.36. The maximum Gasteiger partial charge on any atom is 0.254 e. The molecule has 9 heteroatoms. The van der Waals surface area contributed by atoms with Gasteiger partial charge in [0.25, 0.3) is 5.91 Å². The van der Waals surface area contributed by atoms with Crippen LogP contribution in [-0.2, 0) is 17.8 Å². The number of nitrogens with two attached hydrogens (primary N) is 1. The zero-order valence-corrected chi connectivity index (χ0v) is 24.6. The zero-order chi connectivity index (χ0) is 29.8. The Morgan fingerprint density at radius 2 is 1.73 bits per heavy atom. The topological polar surface area (TPSA) is 133 Å². The average molecular weight is 564 g/mol. The molecule has 41 heavy (non-hydrogen) atoms. The van der Waals surface area contributed by atoms with Crippen LogP contribution < -0.4 is 21.4 Å². The summed E-state index contributed by atoms with van der Waals surface area (Å²) in [6.45, 7) is 8.78. The van der Waals surface area contributed by atoms with Crippen molar-refractivity contribution < 1.29 is 19.8 Å². The number of hydrogen-bond acceptors (Lipinski definition) is 8. The van der Waals surface area contributed by atoms with E-state index in [0.29, 0.717) is 19.6 Å². The van der Waals surface area contributed by atoms with E-state index in [4.69, 9.17) is 10.5 Å². The van der Waals surface area contributed by atoms with Crippen LogP contribution in [0.1, 0.15) is 51.7 Å². The predicted octanol–water partition coefficient (Wildman–Crippen LogP) is 4.09. The van der Waals surface area contributed by atoms with Crippen LogP contribution in [0.4, 0.5) is 0 Å². The van der Waals surface area contributed by atoms with Crippen LogP contribution in [0.25, 0.3) is 11.3 Å². The summed E-state index contributed by atoms with van der Waals surface area (Å²) in [5.74, 6) is 0.398. The van der Waals surface area contributed by atoms with E-state index in [9.17, 15) is 15.1 Å². The summed E-state index contributed by atoms with van der Waals surface area (Å²) in [6, 6.07) is 20.0. The summed E-state index contributed by atoms with van der Waals surface area (Å²) in [4.78, 5) is 17.5. The molecule has 3 aromatic rings. The number of hydrogen-bond donors (Lipinski definition) is 5. The lowest BCUT2D eigenvalue weighted by Gasteiger charge is -2.33. The number of nitrogens with zero attached hydrogens (tertiary/aromatic N) is 2. The van der Waals surface area contributed by atoms with Gasteiger partial charge in [-0.25, -0.2) is 5.01 Å². The van der Waals surface area contributed by atoms with Crippen LogP contribution in [0, 0.1) is 5.41 Å². The highest BCUT2D eigenvalue weighted by molar-refractivity contribution is 5.82. The van der Waals surface area contributed by atoms with Crippen molar-refractivity contribution in [3.05, 3.63) is 84.1 Å². The highest BCUT2D eigenvalue weighted by Gasteiger charge is 2.32. The van der Waals surface area contributed by atoms with E-state index in [1.54, 1.807) is 11.2 Å². The van der Waals surface area contributed by atoms with E-state index >= 15 is 0 Å². The number of aliphatic hydroxyl groups excluding tert-OH is 1. The molecule has 2 aromatic carbocycles. The molecular weight excluding hydrogens is 518 g/mol. The number of ether oxygens (including phenoxy) is 1. The zero-order valence-electron chi connectivity index (χ0n) is 24.6. The SMILES string of the molecule is CCCCOc1ccc(CC(N)C(O)CN(Cc2ccc(-c3ccccn3)cc2)NC(=O)C(NO)C(C)(C)C)cc1. The van der Waals surface area contributed by atoms with Crippen molar-refractivity contribution in [2.75, 3.05) is 13.2 Å². The second-order valence-electron chi connectivity index (χ2n) is 11.5. The Bertz CT molecular complexity index is 1180. The Kier molecular flexibility index (Phi) is 12.2. The molecule has 9 nitrogen and oxygen atoms in total. The van der Waals surface area contributed by atoms with E-state index in [2.05, 4.69) is 22.8 Å². The Hall–Kier alpha value is -3.34. The first-order valence-corrected chi connectivity index (χ1v) is 14.2. The summed E-state index contributed by atoms with van der Waals surface area (Å²) in [5, 5.41) is 22.4. The molecule has 3 rings (SSSR count). The number of amides is 1. The molecule has 6 N–H and O–H groups in total. The Morgan fingerprint density at radius 1 is 1.05 bits per heavy atom. The molecule has 1 aromatic heterocycles. The normalized spacial score (nSPS) is 14.0. The van der Waals surface area contributed by atoms with E-state index < -0.39 is 29.5 Å². The van der Waals surface area contributed by atoms with Crippen molar-refractivity contribution in [1.29, 1.82) is 0 Å². The van der Waals surface area contributed by atoms with Gasteiger partial charge >= 0.3 is 0 Å². The molecule has 1 heterocycles. The van der Waals surface area contributed by atoms with Gasteiger partial charge in [0.2, 0.25) is 0 Å². The molecule has 0 saturated carbocycles. The molecule has 0 spiro atoms. The van der Waals surface area contributed by atoms with Crippen LogP contribution in [0.15, 0.2) is 72.9 Å². The standard InChI is InChI=1S/C32H45N5O4/c1-5-6-19-41-26-16-12-23(13-17-26)20-27(33)29(38)22-37(35-31(39)30(36-40)32(2,3)4)21-24-10-14-25(15-11-24)28-9-7-8-18-34-28/h7-18,27,29-30,36,38,40H,5-6,19-22,33H2,1-4H3,(H,35,39). The predicted molar refractivity (Wildman–Crippen MR) is 161 cm³/mol. The molecular formula is C32H45N5O4. The number of aromatic nitrogens is 1. The fraction of sp³-hybridized carbons (Fsp3) is 0.438. The number of rotatable bonds is 15. The van der Waals surface area contributed by atoms with Gasteiger partial charge in [-0.2, -0.15) is 5.48 Å². The quantitative estimate of drug-likeness (QED) is 0.138. The first-order valence-electron chi connectivity index (χ1n) is 14.2. The molecule has 0 saturated heterocycles. The van der Waals surface area contributed by atoms with Gasteiger partial charge in [-0.3, -0.25) is 15.2 Å². The lowest BCUT2D eigenvalue weighted by Crippen LogP contribution is -2.57. The van der Waals surface area contributed by atoms with Crippen molar-refractivity contribution >= 4 is 5.91 Å². The van der Waals surface area contributed by atoms with Gasteiger partial charge in [-0.1, -0.05) is 76.6 Å². The number of unbranched alkanes of at least 4 members (excludes halogenated alkanes) is 1. The fourth-order valence-corrected chi connectivity index (χ4v) is 4.38. The van der Waals surface area contributed by atoms with E-state index in [-0.39, 0.29) is 6.54 Å². The number of benzene rings is 2. The van der Waals surface area contributed by atoms with Crippen molar-refractivity contribution in [3.8, 4) is 17.0 Å². The largest absolute Gasteiger partial charge is 0.494 e. The number of nitrogens with one attached hydrogen (secondary N) is 2. The van der Waals surface area contributed by atoms with Gasteiger partial charge in [-0.15, -0.1) is 0 Å². The fourth-order valence-electron chi connectivity index (χ4n) is 4.38. The van der Waals surface area contributed by atoms with Crippen molar-refractivity contribution in [1.82, 2.24) is 20.9 Å². The maximum atomic E-state index is 13.1. The third-order valence-electron chi connectivity index (χ3n) is 6.88. The average Bonchev–Trinajstić information content (AvgIpc) is 2.94. The Balaban J connectivity index is 1.69. The summed E-state index contributed by atoms with van der Waals surface area (Å²) in [5.41, 5.74) is 14.6. The number of hydrazine groups is 1. The molecule has 0 radical (unpaired) electrons. The van der Waals surface area contributed by atoms with Crippen LogP contribution in [0.3, 0.4) is 0 Å². The molecule has 0 bridgehead atoms. The summed E-state index contributed by atoms with van der Waals surface area (Å²) >= 11 is 0. The van der Waals surface area contributed by atoms with Crippen LogP contribution in [-0.4, -0.2) is 57.6 Å². The van der Waals surface area contributed by atoms with Gasteiger partial charge in [0.15, 0.2) is 0 Å². The third kappa shape index (κ3) is 10.2. The highest BCUT2D eigenvalue weighted by Crippen LogP contribution is 2.21. The number of carbonyl (C=O) groups is 1. The van der Waals surface area contributed by atoms with Gasteiger partial charge in [0.05, 0.1) is 18.4 Å². The number of hydroxylamine groups is 1. The smallest absolute Gasteiger partial charge is 0.254 e. The number of pyridine rings is 1. The van der Waals surface area contributed by atoms with E-state index in [0.717, 1.165) is 41.0 Å². The minimum atomic E-state index is -0.932. The second kappa shape index (κ2) is 15.6. The molecule has 0 fully saturated rings. The van der Waals surface area contributed by atoms with Crippen molar-refractivity contribution in [2.45, 2.75) is 71.7 Å². The Morgan fingerprint density at radius 3 is 2.32 bits per heavy atom. The van der Waals surface area contributed by atoms with E-state index in [1.807, 2.05) is 87.5 Å². The number of aliphatic hydroxyl groups is 1. The molecule has 3 atom stereocenters. The maximum absolute atomic E-state index is 13.1. The molecule has 222 valence electrons. The lowest BCUT2D eigenvalue weighted by atomic mass is 9.87. The Labute approximate surface area is 243 Å². The lowest BCUT2D eigenvalue weighted by molar-refractivity contribution is -0.135. The highest BCUT2D eigenvalue weighted by atomic mass is 16.5. The van der Waals surface area contributed by atoms with Crippen LogP contribution in [0.2, 0.25) is 0 Å². The minimum absolute atomic E-state index is 0.0927. The van der Waals surface area contributed by atoms with E-state index in [1.165, 1.54) is 0 Å². The van der Waals surface area contributed by atoms with Crippen molar-refractivity contribution in [2.24, 2.45) is 11.1 Å². The summed E-state index contributed by atoms with van der Waals surface area (Å²) in [7, 11) is 0. The van der Waals surface area contributed by atoms with Crippen molar-refractivity contribution in [3.63, 3.8) is 0 Å². The third-order valence-corrected chi connectivity index (χ3v) is 6.88. The molecule has 0 aliphatic rings. The van der Waals surface area contributed by atoms with Gasteiger partial charge in [0.1, 0.15) is 11.8 Å². The van der Waals surface area contributed by atoms with Gasteiger partial charge in [0, 0.05) is 30.9 Å². The molecule has 3 unspecified atom stereocenters. The molecule has 1 amide bonds. The number of carbonyl (C=O) groups excluding carboxylic acids is 1.